The van der Waals surface area contributed by atoms with Crippen LogP contribution in [0.4, 0.5) is 17.3 Å². The van der Waals surface area contributed by atoms with E-state index in [4.69, 9.17) is 0 Å². The van der Waals surface area contributed by atoms with Crippen molar-refractivity contribution in [2.75, 3.05) is 17.2 Å². The maximum atomic E-state index is 4.52. The second-order valence-corrected chi connectivity index (χ2v) is 5.20. The van der Waals surface area contributed by atoms with Gasteiger partial charge in [-0.15, -0.1) is 0 Å². The van der Waals surface area contributed by atoms with Crippen LogP contribution >= 0.6 is 0 Å². The Hall–Kier alpha value is -2.10. The average molecular weight is 284 g/mol. The van der Waals surface area contributed by atoms with E-state index in [1.165, 1.54) is 5.56 Å². The molecule has 1 aromatic carbocycles. The predicted molar refractivity (Wildman–Crippen MR) is 89.4 cm³/mol. The summed E-state index contributed by atoms with van der Waals surface area (Å²) in [6.07, 6.45) is 2.13. The second kappa shape index (κ2) is 7.07. The summed E-state index contributed by atoms with van der Waals surface area (Å²) in [6, 6.07) is 8.47. The minimum Gasteiger partial charge on any atom is -0.370 e. The third-order valence-electron chi connectivity index (χ3n) is 3.42. The van der Waals surface area contributed by atoms with Gasteiger partial charge >= 0.3 is 0 Å². The maximum Gasteiger partial charge on any atom is 0.139 e. The highest BCUT2D eigenvalue weighted by Gasteiger charge is 2.09. The zero-order valence-corrected chi connectivity index (χ0v) is 13.3. The van der Waals surface area contributed by atoms with Crippen molar-refractivity contribution in [3.8, 4) is 0 Å². The zero-order valence-electron chi connectivity index (χ0n) is 13.3. The van der Waals surface area contributed by atoms with Gasteiger partial charge in [0.05, 0.1) is 0 Å². The quantitative estimate of drug-likeness (QED) is 0.833. The van der Waals surface area contributed by atoms with E-state index in [-0.39, 0.29) is 0 Å². The number of rotatable bonds is 6. The summed E-state index contributed by atoms with van der Waals surface area (Å²) < 4.78 is 0. The molecule has 0 saturated heterocycles. The summed E-state index contributed by atoms with van der Waals surface area (Å²) in [5.74, 6) is 2.55. The summed E-state index contributed by atoms with van der Waals surface area (Å²) in [7, 11) is 0. The molecule has 0 fully saturated rings. The molecular weight excluding hydrogens is 260 g/mol. The van der Waals surface area contributed by atoms with Crippen LogP contribution in [-0.4, -0.2) is 16.5 Å². The Labute approximate surface area is 127 Å². The predicted octanol–water partition coefficient (Wildman–Crippen LogP) is 4.22. The van der Waals surface area contributed by atoms with Gasteiger partial charge in [0.25, 0.3) is 0 Å². The number of benzene rings is 1. The highest BCUT2D eigenvalue weighted by Crippen LogP contribution is 2.23. The lowest BCUT2D eigenvalue weighted by Crippen LogP contribution is -2.08. The second-order valence-electron chi connectivity index (χ2n) is 5.20. The summed E-state index contributed by atoms with van der Waals surface area (Å²) >= 11 is 0. The molecule has 21 heavy (non-hydrogen) atoms. The standard InChI is InChI=1S/C17H24N4/c1-5-11-18-16-12(3)17(20-13(4)19-16)21-15-9-7-14(6-2)8-10-15/h7-10H,5-6,11H2,1-4H3,(H2,18,19,20,21). The topological polar surface area (TPSA) is 49.8 Å². The van der Waals surface area contributed by atoms with Gasteiger partial charge in [0.15, 0.2) is 0 Å². The number of nitrogens with one attached hydrogen (secondary N) is 2. The van der Waals surface area contributed by atoms with Gasteiger partial charge in [-0.3, -0.25) is 0 Å². The lowest BCUT2D eigenvalue weighted by atomic mass is 10.1. The Balaban J connectivity index is 2.23. The molecule has 2 N–H and O–H groups in total. The molecule has 0 amide bonds. The van der Waals surface area contributed by atoms with E-state index in [1.807, 2.05) is 13.8 Å². The molecule has 0 aliphatic heterocycles. The first-order chi connectivity index (χ1) is 10.1. The van der Waals surface area contributed by atoms with Gasteiger partial charge in [0.2, 0.25) is 0 Å². The van der Waals surface area contributed by atoms with Crippen molar-refractivity contribution < 1.29 is 0 Å². The maximum absolute atomic E-state index is 4.52. The fraction of sp³-hybridized carbons (Fsp3) is 0.412. The molecule has 0 bridgehead atoms. The van der Waals surface area contributed by atoms with Crippen molar-refractivity contribution >= 4 is 17.3 Å². The lowest BCUT2D eigenvalue weighted by Gasteiger charge is -2.14. The third kappa shape index (κ3) is 3.94. The summed E-state index contributed by atoms with van der Waals surface area (Å²) in [5, 5.41) is 6.75. The highest BCUT2D eigenvalue weighted by atomic mass is 15.1. The van der Waals surface area contributed by atoms with E-state index >= 15 is 0 Å². The van der Waals surface area contributed by atoms with E-state index in [0.29, 0.717) is 0 Å². The zero-order chi connectivity index (χ0) is 15.2. The van der Waals surface area contributed by atoms with Crippen LogP contribution in [0.15, 0.2) is 24.3 Å². The average Bonchev–Trinajstić information content (AvgIpc) is 2.50. The molecule has 4 nitrogen and oxygen atoms in total. The third-order valence-corrected chi connectivity index (χ3v) is 3.42. The van der Waals surface area contributed by atoms with E-state index in [9.17, 15) is 0 Å². The Kier molecular flexibility index (Phi) is 5.14. The van der Waals surface area contributed by atoms with Crippen LogP contribution in [0.2, 0.25) is 0 Å². The summed E-state index contributed by atoms with van der Waals surface area (Å²) in [5.41, 5.74) is 3.44. The fourth-order valence-electron chi connectivity index (χ4n) is 2.13. The molecule has 1 heterocycles. The number of nitrogens with zero attached hydrogens (tertiary/aromatic N) is 2. The van der Waals surface area contributed by atoms with Crippen molar-refractivity contribution in [3.05, 3.63) is 41.2 Å². The molecule has 1 aromatic heterocycles. The molecule has 0 radical (unpaired) electrons. The van der Waals surface area contributed by atoms with Crippen molar-refractivity contribution in [2.45, 2.75) is 40.5 Å². The largest absolute Gasteiger partial charge is 0.370 e. The fourth-order valence-corrected chi connectivity index (χ4v) is 2.13. The molecular formula is C17H24N4. The number of hydrogen-bond acceptors (Lipinski definition) is 4. The lowest BCUT2D eigenvalue weighted by molar-refractivity contribution is 0.948. The van der Waals surface area contributed by atoms with Gasteiger partial charge in [-0.25, -0.2) is 9.97 Å². The van der Waals surface area contributed by atoms with Crippen LogP contribution in [0.1, 0.15) is 37.2 Å². The molecule has 2 rings (SSSR count). The summed E-state index contributed by atoms with van der Waals surface area (Å²) in [4.78, 5) is 8.99. The first-order valence-corrected chi connectivity index (χ1v) is 7.59. The number of anilines is 3. The van der Waals surface area contributed by atoms with E-state index in [1.54, 1.807) is 0 Å². The number of aromatic nitrogens is 2. The molecule has 0 spiro atoms. The normalized spacial score (nSPS) is 10.5. The Morgan fingerprint density at radius 1 is 0.952 bits per heavy atom. The smallest absolute Gasteiger partial charge is 0.139 e. The minimum absolute atomic E-state index is 0.770. The Morgan fingerprint density at radius 3 is 2.24 bits per heavy atom. The molecule has 112 valence electrons. The van der Waals surface area contributed by atoms with Crippen molar-refractivity contribution in [3.63, 3.8) is 0 Å². The van der Waals surface area contributed by atoms with E-state index in [0.717, 1.165) is 48.1 Å². The molecule has 0 atom stereocenters. The van der Waals surface area contributed by atoms with Crippen molar-refractivity contribution in [2.24, 2.45) is 0 Å². The molecule has 0 aliphatic carbocycles. The van der Waals surface area contributed by atoms with Crippen LogP contribution in [0.25, 0.3) is 0 Å². The van der Waals surface area contributed by atoms with Crippen molar-refractivity contribution in [1.29, 1.82) is 0 Å². The van der Waals surface area contributed by atoms with Crippen LogP contribution < -0.4 is 10.6 Å². The van der Waals surface area contributed by atoms with Gasteiger partial charge in [-0.1, -0.05) is 26.0 Å². The minimum atomic E-state index is 0.770. The van der Waals surface area contributed by atoms with E-state index in [2.05, 4.69) is 58.7 Å². The number of aryl methyl sites for hydroxylation is 2. The molecule has 0 saturated carbocycles. The van der Waals surface area contributed by atoms with Crippen LogP contribution in [-0.2, 0) is 6.42 Å². The van der Waals surface area contributed by atoms with Gasteiger partial charge in [-0.05, 0) is 44.4 Å². The van der Waals surface area contributed by atoms with Gasteiger partial charge in [-0.2, -0.15) is 0 Å². The SMILES string of the molecule is CCCNc1nc(C)nc(Nc2ccc(CC)cc2)c1C. The van der Waals surface area contributed by atoms with Crippen LogP contribution in [0, 0.1) is 13.8 Å². The molecule has 0 aliphatic rings. The first kappa shape index (κ1) is 15.3. The van der Waals surface area contributed by atoms with Crippen LogP contribution in [0.5, 0.6) is 0 Å². The first-order valence-electron chi connectivity index (χ1n) is 7.59. The molecule has 0 unspecified atom stereocenters. The Morgan fingerprint density at radius 2 is 1.62 bits per heavy atom. The molecule has 4 heteroatoms. The van der Waals surface area contributed by atoms with Gasteiger partial charge in [0.1, 0.15) is 17.5 Å². The van der Waals surface area contributed by atoms with Crippen molar-refractivity contribution in [1.82, 2.24) is 9.97 Å². The van der Waals surface area contributed by atoms with E-state index < -0.39 is 0 Å². The monoisotopic (exact) mass is 284 g/mol. The molecule has 2 aromatic rings. The number of hydrogen-bond donors (Lipinski definition) is 2. The van der Waals surface area contributed by atoms with Gasteiger partial charge < -0.3 is 10.6 Å². The van der Waals surface area contributed by atoms with Gasteiger partial charge in [0, 0.05) is 17.8 Å². The Bertz CT molecular complexity index is 590. The summed E-state index contributed by atoms with van der Waals surface area (Å²) in [6.45, 7) is 9.18. The van der Waals surface area contributed by atoms with Crippen LogP contribution in [0.3, 0.4) is 0 Å². The highest BCUT2D eigenvalue weighted by molar-refractivity contribution is 5.64.